The summed E-state index contributed by atoms with van der Waals surface area (Å²) < 4.78 is 0. The standard InChI is InChI=1S/C21H22N4O/c1-24(2)20-13-18(17-5-3-4-6-19(17)23-20)21(26)25-12-9-16(14-25)15-7-10-22-11-8-15/h3-8,10-11,13,16H,9,12,14H2,1-2H3/t16-/m0/s1. The highest BCUT2D eigenvalue weighted by atomic mass is 16.2. The van der Waals surface area contributed by atoms with Crippen LogP contribution in [-0.4, -0.2) is 48.0 Å². The summed E-state index contributed by atoms with van der Waals surface area (Å²) in [5, 5.41) is 0.912. The zero-order chi connectivity index (χ0) is 18.1. The van der Waals surface area contributed by atoms with Gasteiger partial charge in [-0.05, 0) is 36.2 Å². The molecule has 5 heteroatoms. The number of carbonyl (C=O) groups is 1. The van der Waals surface area contributed by atoms with Gasteiger partial charge in [0, 0.05) is 50.9 Å². The maximum absolute atomic E-state index is 13.3. The van der Waals surface area contributed by atoms with Crippen molar-refractivity contribution in [3.8, 4) is 0 Å². The van der Waals surface area contributed by atoms with E-state index < -0.39 is 0 Å². The predicted molar refractivity (Wildman–Crippen MR) is 104 cm³/mol. The van der Waals surface area contributed by atoms with E-state index >= 15 is 0 Å². The van der Waals surface area contributed by atoms with Crippen molar-refractivity contribution in [3.63, 3.8) is 0 Å². The van der Waals surface area contributed by atoms with Crippen LogP contribution in [0.3, 0.4) is 0 Å². The van der Waals surface area contributed by atoms with Gasteiger partial charge in [0.2, 0.25) is 0 Å². The molecule has 1 amide bonds. The number of nitrogens with zero attached hydrogens (tertiary/aromatic N) is 4. The van der Waals surface area contributed by atoms with Crippen molar-refractivity contribution in [2.45, 2.75) is 12.3 Å². The smallest absolute Gasteiger partial charge is 0.254 e. The Morgan fingerprint density at radius 2 is 1.92 bits per heavy atom. The van der Waals surface area contributed by atoms with Gasteiger partial charge in [-0.15, -0.1) is 0 Å². The summed E-state index contributed by atoms with van der Waals surface area (Å²) in [6, 6.07) is 13.9. The second-order valence-corrected chi connectivity index (χ2v) is 6.96. The molecule has 1 aliphatic heterocycles. The molecule has 3 aromatic rings. The number of carbonyl (C=O) groups excluding carboxylic acids is 1. The van der Waals surface area contributed by atoms with E-state index in [1.807, 2.05) is 78.8 Å². The number of hydrogen-bond donors (Lipinski definition) is 0. The lowest BCUT2D eigenvalue weighted by molar-refractivity contribution is 0.0792. The summed E-state index contributed by atoms with van der Waals surface area (Å²) in [7, 11) is 3.89. The minimum atomic E-state index is 0.0863. The molecule has 1 aromatic carbocycles. The Hall–Kier alpha value is -2.95. The van der Waals surface area contributed by atoms with E-state index in [0.29, 0.717) is 5.92 Å². The van der Waals surface area contributed by atoms with E-state index in [9.17, 15) is 4.79 Å². The average molecular weight is 346 g/mol. The quantitative estimate of drug-likeness (QED) is 0.730. The molecule has 26 heavy (non-hydrogen) atoms. The number of benzene rings is 1. The third-order valence-electron chi connectivity index (χ3n) is 5.04. The molecule has 4 rings (SSSR count). The Kier molecular flexibility index (Phi) is 4.29. The fraction of sp³-hybridized carbons (Fsp3) is 0.286. The molecule has 2 aromatic heterocycles. The second kappa shape index (κ2) is 6.75. The molecule has 5 nitrogen and oxygen atoms in total. The first-order valence-corrected chi connectivity index (χ1v) is 8.90. The van der Waals surface area contributed by atoms with Crippen molar-refractivity contribution in [2.75, 3.05) is 32.1 Å². The normalized spacial score (nSPS) is 16.8. The summed E-state index contributed by atoms with van der Waals surface area (Å²) >= 11 is 0. The number of para-hydroxylation sites is 1. The largest absolute Gasteiger partial charge is 0.363 e. The topological polar surface area (TPSA) is 49.3 Å². The molecule has 3 heterocycles. The Morgan fingerprint density at radius 1 is 1.15 bits per heavy atom. The number of fused-ring (bicyclic) bond motifs is 1. The van der Waals surface area contributed by atoms with Gasteiger partial charge in [-0.3, -0.25) is 9.78 Å². The Balaban J connectivity index is 1.66. The summed E-state index contributed by atoms with van der Waals surface area (Å²) in [6.45, 7) is 1.52. The van der Waals surface area contributed by atoms with Crippen LogP contribution >= 0.6 is 0 Å². The first-order chi connectivity index (χ1) is 12.6. The van der Waals surface area contributed by atoms with Crippen molar-refractivity contribution < 1.29 is 4.79 Å². The molecular weight excluding hydrogens is 324 g/mol. The van der Waals surface area contributed by atoms with Crippen molar-refractivity contribution in [2.24, 2.45) is 0 Å². The van der Waals surface area contributed by atoms with Gasteiger partial charge < -0.3 is 9.80 Å². The maximum Gasteiger partial charge on any atom is 0.254 e. The SMILES string of the molecule is CN(C)c1cc(C(=O)N2CC[C@H](c3ccncc3)C2)c2ccccc2n1. The van der Waals surface area contributed by atoms with Gasteiger partial charge in [0.15, 0.2) is 0 Å². The number of pyridine rings is 2. The van der Waals surface area contributed by atoms with Crippen LogP contribution < -0.4 is 4.90 Å². The molecule has 0 N–H and O–H groups in total. The monoisotopic (exact) mass is 346 g/mol. The van der Waals surface area contributed by atoms with E-state index in [1.165, 1.54) is 5.56 Å². The Bertz CT molecular complexity index is 939. The van der Waals surface area contributed by atoms with E-state index in [-0.39, 0.29) is 5.91 Å². The molecule has 1 fully saturated rings. The number of hydrogen-bond acceptors (Lipinski definition) is 4. The van der Waals surface area contributed by atoms with Gasteiger partial charge in [-0.25, -0.2) is 4.98 Å². The van der Waals surface area contributed by atoms with Gasteiger partial charge >= 0.3 is 0 Å². The van der Waals surface area contributed by atoms with Gasteiger partial charge in [0.05, 0.1) is 11.1 Å². The van der Waals surface area contributed by atoms with Crippen molar-refractivity contribution in [1.29, 1.82) is 0 Å². The van der Waals surface area contributed by atoms with Crippen molar-refractivity contribution >= 4 is 22.6 Å². The minimum Gasteiger partial charge on any atom is -0.363 e. The molecule has 0 spiro atoms. The zero-order valence-corrected chi connectivity index (χ0v) is 15.1. The zero-order valence-electron chi connectivity index (χ0n) is 15.1. The maximum atomic E-state index is 13.3. The molecular formula is C21H22N4O. The molecule has 0 unspecified atom stereocenters. The van der Waals surface area contributed by atoms with Crippen molar-refractivity contribution in [1.82, 2.24) is 14.9 Å². The molecule has 0 aliphatic carbocycles. The minimum absolute atomic E-state index is 0.0863. The van der Waals surface area contributed by atoms with Crippen LogP contribution in [0.1, 0.15) is 28.3 Å². The number of likely N-dealkylation sites (tertiary alicyclic amines) is 1. The lowest BCUT2D eigenvalue weighted by Crippen LogP contribution is -2.29. The lowest BCUT2D eigenvalue weighted by Gasteiger charge is -2.20. The third kappa shape index (κ3) is 3.01. The van der Waals surface area contributed by atoms with Crippen LogP contribution in [0.5, 0.6) is 0 Å². The molecule has 1 aliphatic rings. The van der Waals surface area contributed by atoms with Crippen molar-refractivity contribution in [3.05, 3.63) is 66.0 Å². The molecule has 0 radical (unpaired) electrons. The van der Waals surface area contributed by atoms with Gasteiger partial charge in [0.1, 0.15) is 5.82 Å². The molecule has 132 valence electrons. The van der Waals surface area contributed by atoms with E-state index in [0.717, 1.165) is 41.8 Å². The van der Waals surface area contributed by atoms with Crippen LogP contribution in [0.4, 0.5) is 5.82 Å². The second-order valence-electron chi connectivity index (χ2n) is 6.96. The van der Waals surface area contributed by atoms with Crippen LogP contribution in [0.25, 0.3) is 10.9 Å². The average Bonchev–Trinajstić information content (AvgIpc) is 3.17. The molecule has 0 bridgehead atoms. The number of anilines is 1. The van der Waals surface area contributed by atoms with Crippen LogP contribution in [0, 0.1) is 0 Å². The third-order valence-corrected chi connectivity index (χ3v) is 5.04. The first-order valence-electron chi connectivity index (χ1n) is 8.90. The van der Waals surface area contributed by atoms with E-state index in [2.05, 4.69) is 9.97 Å². The van der Waals surface area contributed by atoms with Gasteiger partial charge in [-0.2, -0.15) is 0 Å². The number of rotatable bonds is 3. The lowest BCUT2D eigenvalue weighted by atomic mass is 10.00. The predicted octanol–water partition coefficient (Wildman–Crippen LogP) is 3.33. The number of amides is 1. The van der Waals surface area contributed by atoms with E-state index in [4.69, 9.17) is 0 Å². The van der Waals surface area contributed by atoms with Gasteiger partial charge in [0.25, 0.3) is 5.91 Å². The number of aromatic nitrogens is 2. The van der Waals surface area contributed by atoms with Crippen LogP contribution in [0.2, 0.25) is 0 Å². The fourth-order valence-corrected chi connectivity index (χ4v) is 3.59. The molecule has 1 saturated heterocycles. The Morgan fingerprint density at radius 3 is 2.69 bits per heavy atom. The van der Waals surface area contributed by atoms with Crippen LogP contribution in [0.15, 0.2) is 54.9 Å². The highest BCUT2D eigenvalue weighted by Gasteiger charge is 2.29. The summed E-state index contributed by atoms with van der Waals surface area (Å²) in [6.07, 6.45) is 4.62. The molecule has 0 saturated carbocycles. The molecule has 1 atom stereocenters. The highest BCUT2D eigenvalue weighted by molar-refractivity contribution is 6.07. The van der Waals surface area contributed by atoms with Gasteiger partial charge in [-0.1, -0.05) is 18.2 Å². The van der Waals surface area contributed by atoms with Crippen LogP contribution in [-0.2, 0) is 0 Å². The van der Waals surface area contributed by atoms with E-state index in [1.54, 1.807) is 0 Å². The fourth-order valence-electron chi connectivity index (χ4n) is 3.59. The Labute approximate surface area is 153 Å². The summed E-state index contributed by atoms with van der Waals surface area (Å²) in [5.74, 6) is 1.27. The summed E-state index contributed by atoms with van der Waals surface area (Å²) in [4.78, 5) is 25.9. The summed E-state index contributed by atoms with van der Waals surface area (Å²) in [5.41, 5.74) is 2.84. The highest BCUT2D eigenvalue weighted by Crippen LogP contribution is 2.30. The first kappa shape index (κ1) is 16.5.